The maximum Gasteiger partial charge on any atom is 0.229 e. The zero-order valence-electron chi connectivity index (χ0n) is 18.3. The van der Waals surface area contributed by atoms with Crippen molar-refractivity contribution < 1.29 is 27.1 Å². The Morgan fingerprint density at radius 2 is 2.03 bits per heavy atom. The smallest absolute Gasteiger partial charge is 0.229 e. The molecule has 9 heteroatoms. The predicted octanol–water partition coefficient (Wildman–Crippen LogP) is 3.37. The molecule has 1 aliphatic carbocycles. The zero-order chi connectivity index (χ0) is 23.1. The third kappa shape index (κ3) is 7.41. The zero-order valence-corrected chi connectivity index (χ0v) is 19.1. The maximum absolute atomic E-state index is 14.0. The van der Waals surface area contributed by atoms with Crippen molar-refractivity contribution in [3.8, 4) is 5.75 Å². The summed E-state index contributed by atoms with van der Waals surface area (Å²) in [5.74, 6) is -0.677. The van der Waals surface area contributed by atoms with Crippen LogP contribution in [-0.2, 0) is 19.6 Å². The first-order valence-electron chi connectivity index (χ1n) is 11.2. The molecule has 0 unspecified atom stereocenters. The van der Waals surface area contributed by atoms with Crippen LogP contribution < -0.4 is 14.8 Å². The van der Waals surface area contributed by atoms with Gasteiger partial charge in [-0.15, -0.1) is 0 Å². The number of piperidine rings is 1. The number of carbonyl (C=O) groups is 2. The van der Waals surface area contributed by atoms with Crippen molar-refractivity contribution >= 4 is 21.8 Å². The second-order valence-corrected chi connectivity index (χ2v) is 10.4. The first-order valence-corrected chi connectivity index (χ1v) is 12.8. The van der Waals surface area contributed by atoms with Crippen LogP contribution in [0, 0.1) is 17.7 Å². The minimum absolute atomic E-state index is 0.0957. The Morgan fingerprint density at radius 1 is 1.25 bits per heavy atom. The van der Waals surface area contributed by atoms with Gasteiger partial charge in [0, 0.05) is 18.4 Å². The van der Waals surface area contributed by atoms with E-state index < -0.39 is 21.9 Å². The summed E-state index contributed by atoms with van der Waals surface area (Å²) >= 11 is 0. The van der Waals surface area contributed by atoms with E-state index >= 15 is 0 Å². The van der Waals surface area contributed by atoms with Gasteiger partial charge in [-0.25, -0.2) is 17.5 Å². The quantitative estimate of drug-likeness (QED) is 0.363. The molecule has 32 heavy (non-hydrogen) atoms. The van der Waals surface area contributed by atoms with E-state index in [0.717, 1.165) is 12.8 Å². The minimum Gasteiger partial charge on any atom is -0.490 e. The van der Waals surface area contributed by atoms with Crippen molar-refractivity contribution in [2.75, 3.05) is 12.4 Å². The summed E-state index contributed by atoms with van der Waals surface area (Å²) in [4.78, 5) is 22.9. The molecule has 0 radical (unpaired) electrons. The number of benzene rings is 1. The van der Waals surface area contributed by atoms with Crippen molar-refractivity contribution in [1.82, 2.24) is 10.0 Å². The number of ether oxygens (including phenoxy) is 1. The van der Waals surface area contributed by atoms with Crippen molar-refractivity contribution in [1.29, 1.82) is 0 Å². The second kappa shape index (κ2) is 11.0. The van der Waals surface area contributed by atoms with E-state index in [0.29, 0.717) is 50.2 Å². The van der Waals surface area contributed by atoms with Gasteiger partial charge >= 0.3 is 0 Å². The Labute approximate surface area is 188 Å². The number of carbonyl (C=O) groups excluding carboxylic acids is 2. The van der Waals surface area contributed by atoms with E-state index in [2.05, 4.69) is 10.0 Å². The molecule has 0 aromatic heterocycles. The number of halogens is 1. The third-order valence-corrected chi connectivity index (χ3v) is 7.17. The molecule has 7 nitrogen and oxygen atoms in total. The number of hydrogen-bond donors (Lipinski definition) is 2. The number of rotatable bonds is 12. The van der Waals surface area contributed by atoms with Gasteiger partial charge in [0.25, 0.3) is 0 Å². The van der Waals surface area contributed by atoms with Crippen LogP contribution in [0.3, 0.4) is 0 Å². The van der Waals surface area contributed by atoms with Gasteiger partial charge in [-0.3, -0.25) is 14.9 Å². The van der Waals surface area contributed by atoms with E-state index in [-0.39, 0.29) is 29.2 Å². The van der Waals surface area contributed by atoms with Gasteiger partial charge in [-0.1, -0.05) is 25.1 Å². The monoisotopic (exact) mass is 466 g/mol. The number of nitrogens with one attached hydrogen (secondary N) is 2. The average Bonchev–Trinajstić information content (AvgIpc) is 3.57. The summed E-state index contributed by atoms with van der Waals surface area (Å²) in [5, 5.41) is 2.31. The van der Waals surface area contributed by atoms with Crippen LogP contribution in [0.1, 0.15) is 63.5 Å². The maximum atomic E-state index is 14.0. The Balaban J connectivity index is 1.50. The number of amides is 2. The topological polar surface area (TPSA) is 102 Å². The molecule has 176 valence electrons. The van der Waals surface area contributed by atoms with Crippen LogP contribution in [0.25, 0.3) is 0 Å². The lowest BCUT2D eigenvalue weighted by Crippen LogP contribution is -2.40. The van der Waals surface area contributed by atoms with E-state index in [9.17, 15) is 22.4 Å². The molecule has 0 bridgehead atoms. The largest absolute Gasteiger partial charge is 0.490 e. The molecule has 3 rings (SSSR count). The first-order chi connectivity index (χ1) is 15.3. The standard InChI is InChI=1S/C23H31FN2O5S/c1-2-20(18-9-11-19(24)21(14-18)31-15-16-7-8-16)26-32(29,30)13-5-3-4-6-17-10-12-22(27)25-23(17)28/h3-4,9,11,14,16-17,20,26H,2,5-8,10,12-13,15H2,1H3,(H,25,27,28)/b4-3+/t17-,20+/m0/s1. The molecule has 0 spiro atoms. The van der Waals surface area contributed by atoms with Gasteiger partial charge in [0.2, 0.25) is 21.8 Å². The van der Waals surface area contributed by atoms with Crippen LogP contribution in [0.2, 0.25) is 0 Å². The molecule has 2 atom stereocenters. The Hall–Kier alpha value is -2.26. The van der Waals surface area contributed by atoms with Gasteiger partial charge in [-0.05, 0) is 62.1 Å². The lowest BCUT2D eigenvalue weighted by atomic mass is 9.95. The molecule has 1 saturated heterocycles. The van der Waals surface area contributed by atoms with Crippen molar-refractivity contribution in [2.45, 2.75) is 57.9 Å². The summed E-state index contributed by atoms with van der Waals surface area (Å²) in [7, 11) is -3.56. The van der Waals surface area contributed by atoms with Gasteiger partial charge < -0.3 is 4.74 Å². The van der Waals surface area contributed by atoms with Crippen LogP contribution in [0.5, 0.6) is 5.75 Å². The van der Waals surface area contributed by atoms with E-state index in [1.165, 1.54) is 6.07 Å². The van der Waals surface area contributed by atoms with Crippen molar-refractivity contribution in [3.05, 3.63) is 41.7 Å². The minimum atomic E-state index is -3.56. The lowest BCUT2D eigenvalue weighted by Gasteiger charge is -2.19. The third-order valence-electron chi connectivity index (χ3n) is 5.75. The number of hydrogen-bond acceptors (Lipinski definition) is 5. The highest BCUT2D eigenvalue weighted by Crippen LogP contribution is 2.31. The van der Waals surface area contributed by atoms with Crippen LogP contribution in [0.4, 0.5) is 4.39 Å². The van der Waals surface area contributed by atoms with Crippen LogP contribution >= 0.6 is 0 Å². The SMILES string of the molecule is CC[C@@H](NS(=O)(=O)CC/C=C/C[C@H]1CCC(=O)NC1=O)c1ccc(F)c(OCC2CC2)c1. The molecule has 2 fully saturated rings. The van der Waals surface area contributed by atoms with Gasteiger partial charge in [0.1, 0.15) is 0 Å². The van der Waals surface area contributed by atoms with E-state index in [1.54, 1.807) is 24.3 Å². The van der Waals surface area contributed by atoms with Gasteiger partial charge in [0.05, 0.1) is 12.4 Å². The fourth-order valence-electron chi connectivity index (χ4n) is 3.57. The molecule has 2 aliphatic rings. The average molecular weight is 467 g/mol. The highest BCUT2D eigenvalue weighted by Gasteiger charge is 2.25. The second-order valence-electron chi connectivity index (χ2n) is 8.49. The Morgan fingerprint density at radius 3 is 2.72 bits per heavy atom. The molecular weight excluding hydrogens is 435 g/mol. The summed E-state index contributed by atoms with van der Waals surface area (Å²) in [6.07, 6.45) is 7.86. The Bertz CT molecular complexity index is 959. The van der Waals surface area contributed by atoms with E-state index in [4.69, 9.17) is 4.74 Å². The molecule has 1 aromatic rings. The van der Waals surface area contributed by atoms with Gasteiger partial charge in [-0.2, -0.15) is 0 Å². The van der Waals surface area contributed by atoms with Gasteiger partial charge in [0.15, 0.2) is 11.6 Å². The summed E-state index contributed by atoms with van der Waals surface area (Å²) in [5.41, 5.74) is 0.664. The molecular formula is C23H31FN2O5S. The summed E-state index contributed by atoms with van der Waals surface area (Å²) in [6, 6.07) is 3.99. The lowest BCUT2D eigenvalue weighted by molar-refractivity contribution is -0.136. The highest BCUT2D eigenvalue weighted by atomic mass is 32.2. The van der Waals surface area contributed by atoms with Crippen LogP contribution in [0.15, 0.2) is 30.4 Å². The highest BCUT2D eigenvalue weighted by molar-refractivity contribution is 7.89. The molecule has 1 heterocycles. The molecule has 1 saturated carbocycles. The van der Waals surface area contributed by atoms with E-state index in [1.807, 2.05) is 6.92 Å². The van der Waals surface area contributed by atoms with Crippen molar-refractivity contribution in [3.63, 3.8) is 0 Å². The first kappa shape index (κ1) is 24.4. The summed E-state index contributed by atoms with van der Waals surface area (Å²) < 4.78 is 47.4. The summed E-state index contributed by atoms with van der Waals surface area (Å²) in [6.45, 7) is 2.34. The number of sulfonamides is 1. The number of imide groups is 1. The molecule has 2 N–H and O–H groups in total. The molecule has 1 aromatic carbocycles. The fourth-order valence-corrected chi connectivity index (χ4v) is 4.87. The van der Waals surface area contributed by atoms with Crippen LogP contribution in [-0.4, -0.2) is 32.6 Å². The fraction of sp³-hybridized carbons (Fsp3) is 0.565. The normalized spacial score (nSPS) is 20.4. The molecule has 1 aliphatic heterocycles. The number of allylic oxidation sites excluding steroid dienone is 2. The molecule has 2 amide bonds. The predicted molar refractivity (Wildman–Crippen MR) is 119 cm³/mol. The van der Waals surface area contributed by atoms with Crippen molar-refractivity contribution in [2.24, 2.45) is 11.8 Å². The Kier molecular flexibility index (Phi) is 8.42.